The third-order valence-corrected chi connectivity index (χ3v) is 5.28. The molecule has 1 N–H and O–H groups in total. The van der Waals surface area contributed by atoms with Gasteiger partial charge in [-0.3, -0.25) is 0 Å². The van der Waals surface area contributed by atoms with E-state index in [0.717, 1.165) is 23.8 Å². The molecule has 1 heterocycles. The molecule has 0 aromatic carbocycles. The molecule has 0 saturated heterocycles. The van der Waals surface area contributed by atoms with Gasteiger partial charge in [0.15, 0.2) is 0 Å². The minimum Gasteiger partial charge on any atom is -0.317 e. The lowest BCUT2D eigenvalue weighted by molar-refractivity contribution is 0.173. The third-order valence-electron chi connectivity index (χ3n) is 4.38. The van der Waals surface area contributed by atoms with Crippen molar-refractivity contribution in [3.05, 3.63) is 22.4 Å². The van der Waals surface area contributed by atoms with E-state index in [1.54, 1.807) is 4.88 Å². The van der Waals surface area contributed by atoms with Crippen LogP contribution in [0.2, 0.25) is 0 Å². The van der Waals surface area contributed by atoms with E-state index in [0.29, 0.717) is 0 Å². The first-order chi connectivity index (χ1) is 8.20. The largest absolute Gasteiger partial charge is 0.317 e. The van der Waals surface area contributed by atoms with Crippen LogP contribution in [-0.4, -0.2) is 13.1 Å². The zero-order valence-corrected chi connectivity index (χ0v) is 12.1. The second-order valence-corrected chi connectivity index (χ2v) is 6.79. The normalized spacial score (nSPS) is 29.8. The van der Waals surface area contributed by atoms with Crippen molar-refractivity contribution in [3.63, 3.8) is 0 Å². The molecule has 1 fully saturated rings. The van der Waals surface area contributed by atoms with Crippen molar-refractivity contribution in [3.8, 4) is 0 Å². The standard InChI is InChI=1S/C15H25NS/c1-11(2)12-6-7-15(16-3)13(9-12)10-14-5-4-8-17-14/h4-5,8,11-13,15-16H,6-7,9-10H2,1-3H3. The van der Waals surface area contributed by atoms with Gasteiger partial charge in [-0.05, 0) is 61.9 Å². The lowest BCUT2D eigenvalue weighted by atomic mass is 9.72. The number of rotatable bonds is 4. The lowest BCUT2D eigenvalue weighted by Gasteiger charge is -2.37. The van der Waals surface area contributed by atoms with Crippen molar-refractivity contribution in [2.75, 3.05) is 7.05 Å². The highest BCUT2D eigenvalue weighted by Gasteiger charge is 2.30. The summed E-state index contributed by atoms with van der Waals surface area (Å²) in [6.45, 7) is 4.76. The molecule has 1 nitrogen and oxygen atoms in total. The summed E-state index contributed by atoms with van der Waals surface area (Å²) in [6, 6.07) is 5.19. The first kappa shape index (κ1) is 13.1. The topological polar surface area (TPSA) is 12.0 Å². The second kappa shape index (κ2) is 6.01. The molecule has 0 aliphatic heterocycles. The Morgan fingerprint density at radius 2 is 2.24 bits per heavy atom. The van der Waals surface area contributed by atoms with Gasteiger partial charge in [-0.25, -0.2) is 0 Å². The molecule has 17 heavy (non-hydrogen) atoms. The van der Waals surface area contributed by atoms with Gasteiger partial charge in [-0.15, -0.1) is 11.3 Å². The number of hydrogen-bond acceptors (Lipinski definition) is 2. The number of hydrogen-bond donors (Lipinski definition) is 1. The van der Waals surface area contributed by atoms with Gasteiger partial charge < -0.3 is 5.32 Å². The predicted molar refractivity (Wildman–Crippen MR) is 76.5 cm³/mol. The summed E-state index contributed by atoms with van der Waals surface area (Å²) in [5.41, 5.74) is 0. The van der Waals surface area contributed by atoms with Gasteiger partial charge in [-0.1, -0.05) is 19.9 Å². The fraction of sp³-hybridized carbons (Fsp3) is 0.733. The van der Waals surface area contributed by atoms with Crippen LogP contribution in [-0.2, 0) is 6.42 Å². The predicted octanol–water partition coefficient (Wildman–Crippen LogP) is 3.95. The van der Waals surface area contributed by atoms with Crippen molar-refractivity contribution in [2.24, 2.45) is 17.8 Å². The summed E-state index contributed by atoms with van der Waals surface area (Å²) in [7, 11) is 2.13. The van der Waals surface area contributed by atoms with E-state index in [-0.39, 0.29) is 0 Å². The summed E-state index contributed by atoms with van der Waals surface area (Å²) in [6.07, 6.45) is 5.44. The van der Waals surface area contributed by atoms with Crippen molar-refractivity contribution >= 4 is 11.3 Å². The van der Waals surface area contributed by atoms with Crippen molar-refractivity contribution < 1.29 is 0 Å². The van der Waals surface area contributed by atoms with Crippen LogP contribution in [0.3, 0.4) is 0 Å². The maximum Gasteiger partial charge on any atom is 0.00960 e. The average molecular weight is 251 g/mol. The molecule has 1 aliphatic carbocycles. The van der Waals surface area contributed by atoms with Gasteiger partial charge in [0, 0.05) is 10.9 Å². The molecular formula is C15H25NS. The van der Waals surface area contributed by atoms with E-state index in [1.165, 1.54) is 25.7 Å². The first-order valence-corrected chi connectivity index (χ1v) is 7.78. The number of nitrogens with one attached hydrogen (secondary N) is 1. The summed E-state index contributed by atoms with van der Waals surface area (Å²) >= 11 is 1.91. The quantitative estimate of drug-likeness (QED) is 0.854. The minimum atomic E-state index is 0.729. The molecule has 96 valence electrons. The summed E-state index contributed by atoms with van der Waals surface area (Å²) in [5, 5.41) is 5.73. The van der Waals surface area contributed by atoms with Gasteiger partial charge in [0.1, 0.15) is 0 Å². The van der Waals surface area contributed by atoms with Gasteiger partial charge in [0.2, 0.25) is 0 Å². The smallest absolute Gasteiger partial charge is 0.00960 e. The third kappa shape index (κ3) is 3.32. The van der Waals surface area contributed by atoms with Crippen LogP contribution in [0.4, 0.5) is 0 Å². The fourth-order valence-corrected chi connectivity index (χ4v) is 4.00. The molecule has 2 rings (SSSR count). The lowest BCUT2D eigenvalue weighted by Crippen LogP contribution is -2.40. The highest BCUT2D eigenvalue weighted by atomic mass is 32.1. The molecule has 1 aromatic heterocycles. The molecule has 3 unspecified atom stereocenters. The Bertz CT molecular complexity index is 318. The van der Waals surface area contributed by atoms with Crippen LogP contribution in [0.15, 0.2) is 17.5 Å². The highest BCUT2D eigenvalue weighted by Crippen LogP contribution is 2.36. The summed E-state index contributed by atoms with van der Waals surface area (Å²) < 4.78 is 0. The molecule has 0 spiro atoms. The first-order valence-electron chi connectivity index (χ1n) is 6.90. The van der Waals surface area contributed by atoms with Gasteiger partial charge in [-0.2, -0.15) is 0 Å². The van der Waals surface area contributed by atoms with Crippen molar-refractivity contribution in [2.45, 2.75) is 45.6 Å². The van der Waals surface area contributed by atoms with Gasteiger partial charge in [0.05, 0.1) is 0 Å². The van der Waals surface area contributed by atoms with Crippen molar-refractivity contribution in [1.29, 1.82) is 0 Å². The zero-order chi connectivity index (χ0) is 12.3. The molecule has 2 heteroatoms. The van der Waals surface area contributed by atoms with Gasteiger partial charge in [0.25, 0.3) is 0 Å². The van der Waals surface area contributed by atoms with E-state index in [1.807, 2.05) is 11.3 Å². The monoisotopic (exact) mass is 251 g/mol. The average Bonchev–Trinajstić information content (AvgIpc) is 2.81. The van der Waals surface area contributed by atoms with Crippen LogP contribution in [0.1, 0.15) is 38.0 Å². The Balaban J connectivity index is 1.99. The Hall–Kier alpha value is -0.340. The van der Waals surface area contributed by atoms with Crippen LogP contribution in [0.25, 0.3) is 0 Å². The van der Waals surface area contributed by atoms with E-state index in [4.69, 9.17) is 0 Å². The zero-order valence-electron chi connectivity index (χ0n) is 11.3. The highest BCUT2D eigenvalue weighted by molar-refractivity contribution is 7.09. The molecule has 0 bridgehead atoms. The SMILES string of the molecule is CNC1CCC(C(C)C)CC1Cc1cccs1. The molecule has 1 aromatic rings. The van der Waals surface area contributed by atoms with Crippen LogP contribution < -0.4 is 5.32 Å². The molecular weight excluding hydrogens is 226 g/mol. The molecule has 1 aliphatic rings. The molecule has 1 saturated carbocycles. The maximum absolute atomic E-state index is 3.53. The minimum absolute atomic E-state index is 0.729. The van der Waals surface area contributed by atoms with Crippen LogP contribution in [0, 0.1) is 17.8 Å². The molecule has 0 radical (unpaired) electrons. The Labute approximate surface area is 110 Å². The van der Waals surface area contributed by atoms with E-state index in [9.17, 15) is 0 Å². The maximum atomic E-state index is 3.53. The van der Waals surface area contributed by atoms with E-state index >= 15 is 0 Å². The Kier molecular flexibility index (Phi) is 4.63. The number of thiophene rings is 1. The summed E-state index contributed by atoms with van der Waals surface area (Å²) in [4.78, 5) is 1.56. The second-order valence-electron chi connectivity index (χ2n) is 5.76. The Morgan fingerprint density at radius 1 is 1.41 bits per heavy atom. The van der Waals surface area contributed by atoms with E-state index in [2.05, 4.69) is 43.7 Å². The summed E-state index contributed by atoms with van der Waals surface area (Å²) in [5.74, 6) is 2.61. The molecule has 3 atom stereocenters. The fourth-order valence-electron chi connectivity index (χ4n) is 3.20. The van der Waals surface area contributed by atoms with Crippen molar-refractivity contribution in [1.82, 2.24) is 5.32 Å². The van der Waals surface area contributed by atoms with E-state index < -0.39 is 0 Å². The van der Waals surface area contributed by atoms with Crippen LogP contribution in [0.5, 0.6) is 0 Å². The van der Waals surface area contributed by atoms with Gasteiger partial charge >= 0.3 is 0 Å². The van der Waals surface area contributed by atoms with Crippen LogP contribution >= 0.6 is 11.3 Å². The Morgan fingerprint density at radius 3 is 2.82 bits per heavy atom. The molecule has 0 amide bonds.